The fraction of sp³-hybridized carbons (Fsp3) is 0.611. The number of benzene rings is 1. The van der Waals surface area contributed by atoms with Crippen molar-refractivity contribution in [3.63, 3.8) is 0 Å². The number of hydrogen-bond acceptors (Lipinski definition) is 2. The summed E-state index contributed by atoms with van der Waals surface area (Å²) in [6.07, 6.45) is 8.56. The zero-order chi connectivity index (χ0) is 14.4. The molecule has 3 nitrogen and oxygen atoms in total. The van der Waals surface area contributed by atoms with Crippen molar-refractivity contribution in [1.82, 2.24) is 5.32 Å². The van der Waals surface area contributed by atoms with Gasteiger partial charge in [0.15, 0.2) is 0 Å². The number of hydrogen-bond donors (Lipinski definition) is 2. The molecule has 112 valence electrons. The first kappa shape index (κ1) is 13.3. The lowest BCUT2D eigenvalue weighted by Crippen LogP contribution is -2.58. The van der Waals surface area contributed by atoms with E-state index in [9.17, 15) is 4.79 Å². The topological polar surface area (TPSA) is 55.1 Å². The second-order valence-electron chi connectivity index (χ2n) is 7.61. The summed E-state index contributed by atoms with van der Waals surface area (Å²) in [7, 11) is 0. The van der Waals surface area contributed by atoms with Crippen LogP contribution in [0.25, 0.3) is 0 Å². The summed E-state index contributed by atoms with van der Waals surface area (Å²) in [4.78, 5) is 11.1. The second kappa shape index (κ2) is 4.84. The minimum Gasteiger partial charge on any atom is -0.366 e. The molecular formula is C18H24N2O. The van der Waals surface area contributed by atoms with Crippen LogP contribution in [0.4, 0.5) is 0 Å². The van der Waals surface area contributed by atoms with Gasteiger partial charge >= 0.3 is 0 Å². The summed E-state index contributed by atoms with van der Waals surface area (Å²) < 4.78 is 0. The van der Waals surface area contributed by atoms with Gasteiger partial charge in [-0.05, 0) is 74.0 Å². The molecule has 1 aromatic carbocycles. The number of nitrogens with two attached hydrogens (primary N) is 1. The van der Waals surface area contributed by atoms with Gasteiger partial charge in [0.2, 0.25) is 5.91 Å². The van der Waals surface area contributed by atoms with E-state index in [2.05, 4.69) is 5.32 Å². The van der Waals surface area contributed by atoms with Gasteiger partial charge in [-0.2, -0.15) is 0 Å². The predicted octanol–water partition coefficient (Wildman–Crippen LogP) is 2.84. The van der Waals surface area contributed by atoms with Gasteiger partial charge in [0.1, 0.15) is 0 Å². The van der Waals surface area contributed by atoms with E-state index in [1.165, 1.54) is 44.1 Å². The smallest absolute Gasteiger partial charge is 0.248 e. The lowest BCUT2D eigenvalue weighted by atomic mass is 9.53. The second-order valence-corrected chi connectivity index (χ2v) is 7.61. The Hall–Kier alpha value is -1.35. The molecule has 1 aromatic rings. The molecule has 0 unspecified atom stereocenters. The highest BCUT2D eigenvalue weighted by Gasteiger charge is 2.50. The quantitative estimate of drug-likeness (QED) is 0.893. The summed E-state index contributed by atoms with van der Waals surface area (Å²) in [5.41, 5.74) is 7.52. The molecule has 1 amide bonds. The van der Waals surface area contributed by atoms with E-state index in [1.54, 1.807) is 0 Å². The number of primary amides is 1. The van der Waals surface area contributed by atoms with Gasteiger partial charge in [-0.1, -0.05) is 12.1 Å². The van der Waals surface area contributed by atoms with Crippen molar-refractivity contribution in [1.29, 1.82) is 0 Å². The van der Waals surface area contributed by atoms with Gasteiger partial charge in [-0.25, -0.2) is 0 Å². The summed E-state index contributed by atoms with van der Waals surface area (Å²) in [6, 6.07) is 7.71. The van der Waals surface area contributed by atoms with E-state index < -0.39 is 0 Å². The highest BCUT2D eigenvalue weighted by Crippen LogP contribution is 2.55. The molecule has 0 aliphatic heterocycles. The first-order valence-electron chi connectivity index (χ1n) is 8.26. The number of rotatable bonds is 4. The maximum absolute atomic E-state index is 11.1. The monoisotopic (exact) mass is 284 g/mol. The zero-order valence-electron chi connectivity index (χ0n) is 12.5. The molecule has 4 fully saturated rings. The van der Waals surface area contributed by atoms with E-state index >= 15 is 0 Å². The van der Waals surface area contributed by atoms with Crippen LogP contribution in [0.1, 0.15) is 54.4 Å². The molecule has 4 saturated carbocycles. The van der Waals surface area contributed by atoms with Crippen molar-refractivity contribution in [2.75, 3.05) is 0 Å². The predicted molar refractivity (Wildman–Crippen MR) is 82.7 cm³/mol. The molecular weight excluding hydrogens is 260 g/mol. The molecule has 4 aliphatic carbocycles. The molecule has 3 heteroatoms. The van der Waals surface area contributed by atoms with Gasteiger partial charge < -0.3 is 11.1 Å². The molecule has 0 radical (unpaired) electrons. The van der Waals surface area contributed by atoms with Gasteiger partial charge in [0, 0.05) is 17.6 Å². The molecule has 5 rings (SSSR count). The van der Waals surface area contributed by atoms with E-state index in [0.717, 1.165) is 24.3 Å². The largest absolute Gasteiger partial charge is 0.366 e. The Morgan fingerprint density at radius 2 is 1.57 bits per heavy atom. The van der Waals surface area contributed by atoms with Gasteiger partial charge in [0.25, 0.3) is 0 Å². The molecule has 4 bridgehead atoms. The van der Waals surface area contributed by atoms with Crippen LogP contribution in [0.2, 0.25) is 0 Å². The number of nitrogens with one attached hydrogen (secondary N) is 1. The maximum atomic E-state index is 11.1. The average molecular weight is 284 g/mol. The van der Waals surface area contributed by atoms with Crippen LogP contribution in [0, 0.1) is 17.8 Å². The molecule has 0 saturated heterocycles. The summed E-state index contributed by atoms with van der Waals surface area (Å²) >= 11 is 0. The number of carbonyl (C=O) groups excluding carboxylic acids is 1. The van der Waals surface area contributed by atoms with Crippen LogP contribution in [0.5, 0.6) is 0 Å². The van der Waals surface area contributed by atoms with E-state index in [1.807, 2.05) is 24.3 Å². The van der Waals surface area contributed by atoms with Gasteiger partial charge in [-0.3, -0.25) is 4.79 Å². The van der Waals surface area contributed by atoms with Gasteiger partial charge in [-0.15, -0.1) is 0 Å². The Morgan fingerprint density at radius 3 is 2.05 bits per heavy atom. The third kappa shape index (κ3) is 2.48. The highest BCUT2D eigenvalue weighted by molar-refractivity contribution is 5.92. The van der Waals surface area contributed by atoms with Crippen molar-refractivity contribution in [3.05, 3.63) is 35.4 Å². The summed E-state index contributed by atoms with van der Waals surface area (Å²) in [5.74, 6) is 2.57. The molecule has 0 heterocycles. The van der Waals surface area contributed by atoms with Crippen LogP contribution in [0.3, 0.4) is 0 Å². The van der Waals surface area contributed by atoms with E-state index in [4.69, 9.17) is 5.73 Å². The standard InChI is InChI=1S/C18H24N2O/c19-17(21)16-3-1-12(2-4-16)11-20-18-8-13-5-14(9-18)7-15(6-13)10-18/h1-4,13-15,20H,5-11H2,(H2,19,21). The van der Waals surface area contributed by atoms with E-state index in [-0.39, 0.29) is 5.91 Å². The van der Waals surface area contributed by atoms with Crippen molar-refractivity contribution < 1.29 is 4.79 Å². The molecule has 4 aliphatic rings. The Labute approximate surface area is 126 Å². The van der Waals surface area contributed by atoms with E-state index in [0.29, 0.717) is 11.1 Å². The molecule has 0 spiro atoms. The lowest BCUT2D eigenvalue weighted by molar-refractivity contribution is -0.0206. The number of carbonyl (C=O) groups is 1. The van der Waals surface area contributed by atoms with Crippen LogP contribution in [0.15, 0.2) is 24.3 Å². The van der Waals surface area contributed by atoms with Crippen molar-refractivity contribution in [3.8, 4) is 0 Å². The minimum atomic E-state index is -0.351. The van der Waals surface area contributed by atoms with Crippen molar-refractivity contribution in [2.24, 2.45) is 23.5 Å². The summed E-state index contributed by atoms with van der Waals surface area (Å²) in [5, 5.41) is 3.88. The fourth-order valence-corrected chi connectivity index (χ4v) is 5.40. The van der Waals surface area contributed by atoms with Crippen LogP contribution in [-0.2, 0) is 6.54 Å². The Bertz CT molecular complexity index is 514. The van der Waals surface area contributed by atoms with Crippen molar-refractivity contribution in [2.45, 2.75) is 50.6 Å². The molecule has 21 heavy (non-hydrogen) atoms. The van der Waals surface area contributed by atoms with Crippen molar-refractivity contribution >= 4 is 5.91 Å². The average Bonchev–Trinajstić information content (AvgIpc) is 2.44. The fourth-order valence-electron chi connectivity index (χ4n) is 5.40. The molecule has 3 N–H and O–H groups in total. The van der Waals surface area contributed by atoms with Crippen LogP contribution >= 0.6 is 0 Å². The SMILES string of the molecule is NC(=O)c1ccc(CNC23CC4CC(CC(C4)C2)C3)cc1. The Kier molecular flexibility index (Phi) is 3.07. The Morgan fingerprint density at radius 1 is 1.05 bits per heavy atom. The third-order valence-corrected chi connectivity index (χ3v) is 5.94. The Balaban J connectivity index is 1.43. The van der Waals surface area contributed by atoms with Gasteiger partial charge in [0.05, 0.1) is 0 Å². The molecule has 0 atom stereocenters. The minimum absolute atomic E-state index is 0.351. The number of amides is 1. The highest BCUT2D eigenvalue weighted by atomic mass is 16.1. The third-order valence-electron chi connectivity index (χ3n) is 5.94. The van der Waals surface area contributed by atoms with Crippen LogP contribution in [-0.4, -0.2) is 11.4 Å². The summed E-state index contributed by atoms with van der Waals surface area (Å²) in [6.45, 7) is 0.908. The maximum Gasteiger partial charge on any atom is 0.248 e. The lowest BCUT2D eigenvalue weighted by Gasteiger charge is -2.57. The normalized spacial score (nSPS) is 36.9. The zero-order valence-corrected chi connectivity index (χ0v) is 12.5. The molecule has 0 aromatic heterocycles. The first-order valence-corrected chi connectivity index (χ1v) is 8.26. The first-order chi connectivity index (χ1) is 10.1. The van der Waals surface area contributed by atoms with Crippen LogP contribution < -0.4 is 11.1 Å².